The molecular formula is C24H17FN2O3. The van der Waals surface area contributed by atoms with Crippen molar-refractivity contribution in [3.8, 4) is 0 Å². The van der Waals surface area contributed by atoms with E-state index in [1.54, 1.807) is 36.4 Å². The Balaban J connectivity index is 1.79. The predicted molar refractivity (Wildman–Crippen MR) is 114 cm³/mol. The maximum atomic E-state index is 13.9. The van der Waals surface area contributed by atoms with Crippen molar-refractivity contribution in [2.24, 2.45) is 0 Å². The van der Waals surface area contributed by atoms with Gasteiger partial charge >= 0.3 is 0 Å². The van der Waals surface area contributed by atoms with Gasteiger partial charge in [0, 0.05) is 17.7 Å². The van der Waals surface area contributed by atoms with Gasteiger partial charge in [0.25, 0.3) is 11.6 Å². The van der Waals surface area contributed by atoms with E-state index in [-0.39, 0.29) is 11.6 Å². The lowest BCUT2D eigenvalue weighted by Crippen LogP contribution is -2.25. The van der Waals surface area contributed by atoms with Crippen molar-refractivity contribution in [3.05, 3.63) is 117 Å². The number of carbonyl (C=O) groups excluding carboxylic acids is 1. The van der Waals surface area contributed by atoms with Gasteiger partial charge in [-0.05, 0) is 60.5 Å². The zero-order valence-corrected chi connectivity index (χ0v) is 16.1. The van der Waals surface area contributed by atoms with Gasteiger partial charge < -0.3 is 0 Å². The number of aryl methyl sites for hydroxylation is 1. The maximum absolute atomic E-state index is 13.9. The van der Waals surface area contributed by atoms with Gasteiger partial charge in [0.1, 0.15) is 5.82 Å². The standard InChI is InChI=1S/C24H17FN2O3/c1-16-5-9-18(10-6-16)23-14-19(13-17-7-11-21(12-8-17)27(29)30)24(28)26(23)22-4-2-3-20(25)15-22/h2-15H,1H3/b19-13+. The van der Waals surface area contributed by atoms with Gasteiger partial charge in [-0.1, -0.05) is 35.9 Å². The van der Waals surface area contributed by atoms with Crippen LogP contribution in [0.25, 0.3) is 11.8 Å². The molecule has 0 N–H and O–H groups in total. The lowest BCUT2D eigenvalue weighted by Gasteiger charge is -2.21. The third kappa shape index (κ3) is 3.75. The molecule has 3 aromatic rings. The second-order valence-electron chi connectivity index (χ2n) is 6.96. The van der Waals surface area contributed by atoms with E-state index in [0.717, 1.165) is 11.1 Å². The molecule has 0 fully saturated rings. The Kier molecular flexibility index (Phi) is 4.98. The van der Waals surface area contributed by atoms with E-state index in [2.05, 4.69) is 0 Å². The van der Waals surface area contributed by atoms with Crippen LogP contribution in [0, 0.1) is 22.9 Å². The Bertz CT molecular complexity index is 1200. The van der Waals surface area contributed by atoms with E-state index >= 15 is 0 Å². The first kappa shape index (κ1) is 19.3. The molecule has 4 rings (SSSR count). The van der Waals surface area contributed by atoms with Crippen molar-refractivity contribution >= 4 is 29.1 Å². The fraction of sp³-hybridized carbons (Fsp3) is 0.0417. The summed E-state index contributed by atoms with van der Waals surface area (Å²) in [7, 11) is 0. The minimum absolute atomic E-state index is 0.0211. The summed E-state index contributed by atoms with van der Waals surface area (Å²) in [6.45, 7) is 1.97. The fourth-order valence-corrected chi connectivity index (χ4v) is 3.30. The van der Waals surface area contributed by atoms with Gasteiger partial charge in [-0.15, -0.1) is 0 Å². The Hall–Kier alpha value is -4.06. The van der Waals surface area contributed by atoms with Gasteiger partial charge in [-0.25, -0.2) is 4.39 Å². The summed E-state index contributed by atoms with van der Waals surface area (Å²) in [6, 6.07) is 19.5. The predicted octanol–water partition coefficient (Wildman–Crippen LogP) is 5.51. The first-order valence-electron chi connectivity index (χ1n) is 9.27. The van der Waals surface area contributed by atoms with Crippen LogP contribution in [0.5, 0.6) is 0 Å². The van der Waals surface area contributed by atoms with E-state index in [0.29, 0.717) is 22.5 Å². The number of non-ortho nitro benzene ring substituents is 1. The molecule has 1 aliphatic heterocycles. The zero-order valence-electron chi connectivity index (χ0n) is 16.1. The van der Waals surface area contributed by atoms with Crippen LogP contribution in [0.4, 0.5) is 15.8 Å². The fourth-order valence-electron chi connectivity index (χ4n) is 3.30. The zero-order chi connectivity index (χ0) is 21.3. The first-order valence-corrected chi connectivity index (χ1v) is 9.27. The van der Waals surface area contributed by atoms with E-state index in [1.165, 1.54) is 29.2 Å². The molecule has 1 amide bonds. The summed E-state index contributed by atoms with van der Waals surface area (Å²) in [6.07, 6.45) is 3.42. The minimum Gasteiger partial charge on any atom is -0.276 e. The van der Waals surface area contributed by atoms with Crippen LogP contribution >= 0.6 is 0 Å². The van der Waals surface area contributed by atoms with Crippen LogP contribution in [0.15, 0.2) is 84.4 Å². The Morgan fingerprint density at radius 1 is 1.00 bits per heavy atom. The van der Waals surface area contributed by atoms with E-state index < -0.39 is 10.7 Å². The van der Waals surface area contributed by atoms with Crippen LogP contribution in [0.1, 0.15) is 16.7 Å². The molecule has 0 aliphatic carbocycles. The van der Waals surface area contributed by atoms with E-state index in [9.17, 15) is 19.3 Å². The average molecular weight is 400 g/mol. The second-order valence-corrected chi connectivity index (χ2v) is 6.96. The molecule has 0 saturated heterocycles. The number of benzene rings is 3. The number of anilines is 1. The lowest BCUT2D eigenvalue weighted by atomic mass is 10.1. The number of halogens is 1. The van der Waals surface area contributed by atoms with E-state index in [4.69, 9.17) is 0 Å². The van der Waals surface area contributed by atoms with Gasteiger partial charge in [-0.3, -0.25) is 19.8 Å². The Labute approximate surface area is 172 Å². The Morgan fingerprint density at radius 3 is 2.33 bits per heavy atom. The molecular weight excluding hydrogens is 383 g/mol. The molecule has 0 saturated carbocycles. The Morgan fingerprint density at radius 2 is 1.70 bits per heavy atom. The van der Waals surface area contributed by atoms with Gasteiger partial charge in [0.2, 0.25) is 0 Å². The number of hydrogen-bond donors (Lipinski definition) is 0. The molecule has 3 aromatic carbocycles. The first-order chi connectivity index (χ1) is 14.4. The molecule has 6 heteroatoms. The van der Waals surface area contributed by atoms with Crippen molar-refractivity contribution in [1.29, 1.82) is 0 Å². The van der Waals surface area contributed by atoms with Crippen molar-refractivity contribution < 1.29 is 14.1 Å². The maximum Gasteiger partial charge on any atom is 0.269 e. The number of hydrogen-bond acceptors (Lipinski definition) is 3. The number of carbonyl (C=O) groups is 1. The monoisotopic (exact) mass is 400 g/mol. The molecule has 0 spiro atoms. The molecule has 148 valence electrons. The molecule has 1 heterocycles. The second kappa shape index (κ2) is 7.75. The van der Waals surface area contributed by atoms with Crippen LogP contribution in [0.3, 0.4) is 0 Å². The molecule has 1 aliphatic rings. The van der Waals surface area contributed by atoms with Crippen molar-refractivity contribution in [2.75, 3.05) is 4.90 Å². The molecule has 30 heavy (non-hydrogen) atoms. The summed E-state index contributed by atoms with van der Waals surface area (Å²) in [5, 5.41) is 10.8. The quantitative estimate of drug-likeness (QED) is 0.329. The molecule has 0 unspecified atom stereocenters. The lowest BCUT2D eigenvalue weighted by molar-refractivity contribution is -0.384. The number of nitrogens with zero attached hydrogens (tertiary/aromatic N) is 2. The highest BCUT2D eigenvalue weighted by atomic mass is 19.1. The van der Waals surface area contributed by atoms with Crippen LogP contribution in [0.2, 0.25) is 0 Å². The third-order valence-corrected chi connectivity index (χ3v) is 4.82. The smallest absolute Gasteiger partial charge is 0.269 e. The highest BCUT2D eigenvalue weighted by molar-refractivity contribution is 6.23. The van der Waals surface area contributed by atoms with Crippen molar-refractivity contribution in [1.82, 2.24) is 0 Å². The van der Waals surface area contributed by atoms with Crippen LogP contribution in [-0.4, -0.2) is 10.8 Å². The van der Waals surface area contributed by atoms with Crippen LogP contribution in [-0.2, 0) is 4.79 Å². The van der Waals surface area contributed by atoms with E-state index in [1.807, 2.05) is 31.2 Å². The average Bonchev–Trinajstić information content (AvgIpc) is 3.05. The SMILES string of the molecule is Cc1ccc(C2=C/C(=C\c3ccc([N+](=O)[O-])cc3)C(=O)N2c2cccc(F)c2)cc1. The minimum atomic E-state index is -0.473. The molecule has 0 radical (unpaired) electrons. The summed E-state index contributed by atoms with van der Waals surface area (Å²) < 4.78 is 13.9. The summed E-state index contributed by atoms with van der Waals surface area (Å²) in [4.78, 5) is 25.1. The number of amides is 1. The molecule has 0 bridgehead atoms. The summed E-state index contributed by atoms with van der Waals surface area (Å²) in [5.41, 5.74) is 4.02. The van der Waals surface area contributed by atoms with Crippen molar-refractivity contribution in [3.63, 3.8) is 0 Å². The van der Waals surface area contributed by atoms with Crippen molar-refractivity contribution in [2.45, 2.75) is 6.92 Å². The van der Waals surface area contributed by atoms with Gasteiger partial charge in [0.05, 0.1) is 16.3 Å². The normalized spacial score (nSPS) is 14.9. The van der Waals surface area contributed by atoms with Gasteiger partial charge in [-0.2, -0.15) is 0 Å². The number of nitro benzene ring substituents is 1. The highest BCUT2D eigenvalue weighted by Gasteiger charge is 2.30. The van der Waals surface area contributed by atoms with Crippen LogP contribution < -0.4 is 4.90 Å². The van der Waals surface area contributed by atoms with Gasteiger partial charge in [0.15, 0.2) is 0 Å². The molecule has 0 atom stereocenters. The molecule has 5 nitrogen and oxygen atoms in total. The largest absolute Gasteiger partial charge is 0.276 e. The summed E-state index contributed by atoms with van der Waals surface area (Å²) >= 11 is 0. The number of rotatable bonds is 4. The topological polar surface area (TPSA) is 63.5 Å². The summed E-state index contributed by atoms with van der Waals surface area (Å²) in [5.74, 6) is -0.731. The third-order valence-electron chi connectivity index (χ3n) is 4.82. The molecule has 0 aromatic heterocycles. The highest BCUT2D eigenvalue weighted by Crippen LogP contribution is 2.35. The number of nitro groups is 1.